The molecule has 4 rings (SSSR count). The van der Waals surface area contributed by atoms with Crippen molar-refractivity contribution < 1.29 is 14.4 Å². The number of fused-ring (bicyclic) bond motifs is 1. The van der Waals surface area contributed by atoms with Gasteiger partial charge in [0.1, 0.15) is 0 Å². The van der Waals surface area contributed by atoms with E-state index in [-0.39, 0.29) is 17.9 Å². The molecule has 3 atom stereocenters. The van der Waals surface area contributed by atoms with Gasteiger partial charge in [-0.25, -0.2) is 0 Å². The molecule has 0 bridgehead atoms. The first kappa shape index (κ1) is 17.3. The number of nitrogens with zero attached hydrogens (tertiary/aromatic N) is 4. The predicted octanol–water partition coefficient (Wildman–Crippen LogP) is 2.41. The average Bonchev–Trinajstić information content (AvgIpc) is 3.32. The van der Waals surface area contributed by atoms with E-state index >= 15 is 0 Å². The van der Waals surface area contributed by atoms with Crippen LogP contribution < -0.4 is 0 Å². The van der Waals surface area contributed by atoms with Crippen molar-refractivity contribution in [1.29, 1.82) is 0 Å². The first-order valence-corrected chi connectivity index (χ1v) is 9.48. The molecule has 1 saturated heterocycles. The predicted molar refractivity (Wildman–Crippen MR) is 95.6 cm³/mol. The summed E-state index contributed by atoms with van der Waals surface area (Å²) in [6, 6.07) is 1.72. The highest BCUT2D eigenvalue weighted by Crippen LogP contribution is 2.37. The number of likely N-dealkylation sites (tertiary alicyclic amines) is 1. The van der Waals surface area contributed by atoms with Gasteiger partial charge in [0.15, 0.2) is 11.5 Å². The Labute approximate surface area is 153 Å². The molecule has 26 heavy (non-hydrogen) atoms. The van der Waals surface area contributed by atoms with Gasteiger partial charge in [-0.2, -0.15) is 5.10 Å². The number of carbonyl (C=O) groups is 1. The van der Waals surface area contributed by atoms with Crippen LogP contribution in [0.4, 0.5) is 0 Å². The number of aromatic nitrogens is 3. The van der Waals surface area contributed by atoms with Crippen molar-refractivity contribution in [3.8, 4) is 11.3 Å². The molecule has 0 radical (unpaired) electrons. The van der Waals surface area contributed by atoms with E-state index in [1.54, 1.807) is 6.07 Å². The minimum absolute atomic E-state index is 0.111. The van der Waals surface area contributed by atoms with Gasteiger partial charge in [-0.3, -0.25) is 9.48 Å². The summed E-state index contributed by atoms with van der Waals surface area (Å²) in [5.41, 5.74) is 3.12. The number of rotatable bonds is 3. The van der Waals surface area contributed by atoms with E-state index in [0.717, 1.165) is 42.8 Å². The minimum atomic E-state index is -0.287. The minimum Gasteiger partial charge on any atom is -0.393 e. The van der Waals surface area contributed by atoms with Crippen LogP contribution in [0.5, 0.6) is 0 Å². The second kappa shape index (κ2) is 6.54. The Balaban J connectivity index is 1.55. The molecule has 1 aliphatic carbocycles. The lowest BCUT2D eigenvalue weighted by Gasteiger charge is -2.28. The Kier molecular flexibility index (Phi) is 4.34. The molecular formula is C19H26N4O3. The van der Waals surface area contributed by atoms with Crippen molar-refractivity contribution in [3.63, 3.8) is 0 Å². The third-order valence-corrected chi connectivity index (χ3v) is 6.00. The smallest absolute Gasteiger partial charge is 0.276 e. The van der Waals surface area contributed by atoms with Gasteiger partial charge in [0.2, 0.25) is 0 Å². The van der Waals surface area contributed by atoms with Crippen LogP contribution in [0.2, 0.25) is 0 Å². The van der Waals surface area contributed by atoms with E-state index in [0.29, 0.717) is 30.5 Å². The number of hydrogen-bond acceptors (Lipinski definition) is 5. The largest absolute Gasteiger partial charge is 0.393 e. The van der Waals surface area contributed by atoms with E-state index in [2.05, 4.69) is 10.3 Å². The molecule has 140 valence electrons. The number of hydrogen-bond donors (Lipinski definition) is 1. The molecular weight excluding hydrogens is 332 g/mol. The molecule has 0 spiro atoms. The van der Waals surface area contributed by atoms with Crippen LogP contribution in [-0.4, -0.2) is 50.0 Å². The van der Waals surface area contributed by atoms with Gasteiger partial charge in [-0.05, 0) is 39.5 Å². The van der Waals surface area contributed by atoms with Crippen molar-refractivity contribution in [1.82, 2.24) is 19.8 Å². The maximum atomic E-state index is 12.9. The number of amides is 1. The number of aliphatic hydroxyl groups excluding tert-OH is 1. The molecule has 2 aromatic rings. The van der Waals surface area contributed by atoms with Gasteiger partial charge in [-0.1, -0.05) is 11.6 Å². The van der Waals surface area contributed by atoms with Crippen molar-refractivity contribution in [2.45, 2.75) is 52.7 Å². The van der Waals surface area contributed by atoms with Crippen LogP contribution in [0.3, 0.4) is 0 Å². The Morgan fingerprint density at radius 2 is 2.15 bits per heavy atom. The molecule has 2 aromatic heterocycles. The summed E-state index contributed by atoms with van der Waals surface area (Å²) in [6.45, 7) is 8.07. The zero-order valence-corrected chi connectivity index (χ0v) is 15.6. The van der Waals surface area contributed by atoms with Crippen LogP contribution >= 0.6 is 0 Å². The Morgan fingerprint density at radius 3 is 2.85 bits per heavy atom. The number of aryl methyl sites for hydroxylation is 2. The van der Waals surface area contributed by atoms with Gasteiger partial charge in [0.25, 0.3) is 5.91 Å². The molecule has 7 heteroatoms. The number of aliphatic hydroxyl groups is 1. The summed E-state index contributed by atoms with van der Waals surface area (Å²) in [6.07, 6.45) is 2.68. The SMILES string of the molecule is CCn1nc(C)c(-c2cc(C(=O)N3C[C@H]4CCC[C@@H](O)[C@H]4C3)no2)c1C. The fraction of sp³-hybridized carbons (Fsp3) is 0.632. The normalized spacial score (nSPS) is 25.5. The summed E-state index contributed by atoms with van der Waals surface area (Å²) in [4.78, 5) is 14.7. The Bertz CT molecular complexity index is 825. The molecule has 1 aliphatic heterocycles. The fourth-order valence-electron chi connectivity index (χ4n) is 4.62. The van der Waals surface area contributed by atoms with Crippen molar-refractivity contribution in [2.24, 2.45) is 11.8 Å². The molecule has 1 N–H and O–H groups in total. The highest BCUT2D eigenvalue weighted by atomic mass is 16.5. The quantitative estimate of drug-likeness (QED) is 0.911. The summed E-state index contributed by atoms with van der Waals surface area (Å²) in [5.74, 6) is 1.08. The molecule has 7 nitrogen and oxygen atoms in total. The van der Waals surface area contributed by atoms with Crippen LogP contribution in [0.25, 0.3) is 11.3 Å². The topological polar surface area (TPSA) is 84.4 Å². The summed E-state index contributed by atoms with van der Waals surface area (Å²) < 4.78 is 7.41. The Morgan fingerprint density at radius 1 is 1.35 bits per heavy atom. The fourth-order valence-corrected chi connectivity index (χ4v) is 4.62. The van der Waals surface area contributed by atoms with Crippen molar-refractivity contribution in [2.75, 3.05) is 13.1 Å². The monoisotopic (exact) mass is 358 g/mol. The van der Waals surface area contributed by atoms with Crippen molar-refractivity contribution >= 4 is 5.91 Å². The molecule has 2 fully saturated rings. The third-order valence-electron chi connectivity index (χ3n) is 6.00. The standard InChI is InChI=1S/C19H26N4O3/c1-4-23-12(3)18(11(2)20-23)17-8-15(21-26-17)19(25)22-9-13-6-5-7-16(24)14(13)10-22/h8,13-14,16,24H,4-7,9-10H2,1-3H3/t13-,14+,16-/m1/s1. The van der Waals surface area contributed by atoms with Gasteiger partial charge < -0.3 is 14.5 Å². The van der Waals surface area contributed by atoms with Crippen LogP contribution in [0.1, 0.15) is 48.1 Å². The van der Waals surface area contributed by atoms with Crippen LogP contribution in [0.15, 0.2) is 10.6 Å². The number of carbonyl (C=O) groups excluding carboxylic acids is 1. The summed E-state index contributed by atoms with van der Waals surface area (Å²) in [5, 5.41) is 18.7. The average molecular weight is 358 g/mol. The van der Waals surface area contributed by atoms with Gasteiger partial charge in [0.05, 0.1) is 17.4 Å². The van der Waals surface area contributed by atoms with E-state index in [9.17, 15) is 9.90 Å². The zero-order valence-electron chi connectivity index (χ0n) is 15.6. The highest BCUT2D eigenvalue weighted by molar-refractivity contribution is 5.93. The second-order valence-electron chi connectivity index (χ2n) is 7.57. The molecule has 0 unspecified atom stereocenters. The molecule has 2 aliphatic rings. The van der Waals surface area contributed by atoms with E-state index in [4.69, 9.17) is 4.52 Å². The highest BCUT2D eigenvalue weighted by Gasteiger charge is 2.41. The molecule has 0 aromatic carbocycles. The molecule has 1 saturated carbocycles. The van der Waals surface area contributed by atoms with E-state index < -0.39 is 0 Å². The lowest BCUT2D eigenvalue weighted by atomic mass is 9.80. The molecule has 1 amide bonds. The van der Waals surface area contributed by atoms with E-state index in [1.165, 1.54) is 0 Å². The van der Waals surface area contributed by atoms with Gasteiger partial charge >= 0.3 is 0 Å². The maximum Gasteiger partial charge on any atom is 0.276 e. The van der Waals surface area contributed by atoms with Gasteiger partial charge in [-0.15, -0.1) is 0 Å². The second-order valence-corrected chi connectivity index (χ2v) is 7.57. The summed E-state index contributed by atoms with van der Waals surface area (Å²) in [7, 11) is 0. The van der Waals surface area contributed by atoms with Crippen LogP contribution in [-0.2, 0) is 6.54 Å². The first-order valence-electron chi connectivity index (χ1n) is 9.48. The Hall–Kier alpha value is -2.15. The van der Waals surface area contributed by atoms with Gasteiger partial charge in [0, 0.05) is 37.3 Å². The molecule has 3 heterocycles. The lowest BCUT2D eigenvalue weighted by Crippen LogP contribution is -2.32. The van der Waals surface area contributed by atoms with E-state index in [1.807, 2.05) is 30.4 Å². The first-order chi connectivity index (χ1) is 12.5. The maximum absolute atomic E-state index is 12.9. The van der Waals surface area contributed by atoms with Crippen LogP contribution in [0, 0.1) is 25.7 Å². The lowest BCUT2D eigenvalue weighted by molar-refractivity contribution is 0.0538. The zero-order chi connectivity index (χ0) is 18.4. The van der Waals surface area contributed by atoms with Crippen molar-refractivity contribution in [3.05, 3.63) is 23.1 Å². The third kappa shape index (κ3) is 2.74. The summed E-state index contributed by atoms with van der Waals surface area (Å²) >= 11 is 0.